The fourth-order valence-electron chi connectivity index (χ4n) is 5.12. The van der Waals surface area contributed by atoms with E-state index in [1.807, 2.05) is 58.3 Å². The Morgan fingerprint density at radius 3 is 1.24 bits per heavy atom. The van der Waals surface area contributed by atoms with Crippen molar-refractivity contribution in [2.75, 3.05) is 82.9 Å². The molecule has 2 aliphatic rings. The number of hydrogen-bond acceptors (Lipinski definition) is 8. The van der Waals surface area contributed by atoms with Crippen LogP contribution in [0.3, 0.4) is 0 Å². The first-order chi connectivity index (χ1) is 19.9. The molecule has 2 amide bonds. The summed E-state index contributed by atoms with van der Waals surface area (Å²) in [6, 6.07) is 21.4. The van der Waals surface area contributed by atoms with Gasteiger partial charge < -0.3 is 19.6 Å². The van der Waals surface area contributed by atoms with E-state index >= 15 is 0 Å². The van der Waals surface area contributed by atoms with Crippen LogP contribution in [0.15, 0.2) is 72.8 Å². The van der Waals surface area contributed by atoms with Gasteiger partial charge in [0.05, 0.1) is 23.0 Å². The molecule has 10 nitrogen and oxygen atoms in total. The van der Waals surface area contributed by atoms with Crippen molar-refractivity contribution in [1.29, 1.82) is 0 Å². The molecular weight excluding hydrogens is 576 g/mol. The number of benzene rings is 3. The molecule has 0 N–H and O–H groups in total. The molecule has 0 unspecified atom stereocenters. The summed E-state index contributed by atoms with van der Waals surface area (Å²) in [5.41, 5.74) is 3.90. The van der Waals surface area contributed by atoms with E-state index in [4.69, 9.17) is 0 Å². The average Bonchev–Trinajstić information content (AvgIpc) is 3.00. The molecule has 0 spiro atoms. The van der Waals surface area contributed by atoms with Crippen LogP contribution in [-0.2, 0) is 19.7 Å². The third kappa shape index (κ3) is 6.60. The van der Waals surface area contributed by atoms with Crippen LogP contribution in [0.25, 0.3) is 0 Å². The zero-order valence-electron chi connectivity index (χ0n) is 23.6. The van der Waals surface area contributed by atoms with Crippen molar-refractivity contribution in [3.05, 3.63) is 83.9 Å². The fourth-order valence-corrected chi connectivity index (χ4v) is 7.52. The van der Waals surface area contributed by atoms with Crippen molar-refractivity contribution >= 4 is 54.2 Å². The number of anilines is 4. The second kappa shape index (κ2) is 11.8. The SMILES string of the molecule is CN(C(=O)c1cccc(C(=O)N(C)c2ccc(N3CCS(=O)(=O)CC3)cc2)c1)c1ccc(N2CCS(=O)(=O)CC2)cc1. The van der Waals surface area contributed by atoms with Gasteiger partial charge in [0, 0.05) is 74.2 Å². The molecule has 2 aliphatic heterocycles. The number of sulfone groups is 2. The number of rotatable bonds is 6. The highest BCUT2D eigenvalue weighted by molar-refractivity contribution is 7.91. The van der Waals surface area contributed by atoms with E-state index < -0.39 is 19.7 Å². The lowest BCUT2D eigenvalue weighted by Gasteiger charge is -2.29. The zero-order valence-corrected chi connectivity index (χ0v) is 25.3. The molecule has 0 atom stereocenters. The van der Waals surface area contributed by atoms with Crippen LogP contribution < -0.4 is 19.6 Å². The Kier molecular flexibility index (Phi) is 8.29. The lowest BCUT2D eigenvalue weighted by Crippen LogP contribution is -2.40. The van der Waals surface area contributed by atoms with Crippen LogP contribution in [0.2, 0.25) is 0 Å². The first kappa shape index (κ1) is 29.6. The molecule has 2 heterocycles. The lowest BCUT2D eigenvalue weighted by atomic mass is 10.1. The highest BCUT2D eigenvalue weighted by Crippen LogP contribution is 2.25. The van der Waals surface area contributed by atoms with Crippen LogP contribution in [-0.4, -0.2) is 91.9 Å². The van der Waals surface area contributed by atoms with Crippen molar-refractivity contribution in [3.8, 4) is 0 Å². The van der Waals surface area contributed by atoms with Crippen LogP contribution in [0.4, 0.5) is 22.7 Å². The highest BCUT2D eigenvalue weighted by Gasteiger charge is 2.24. The number of carbonyl (C=O) groups is 2. The minimum absolute atomic E-state index is 0.134. The average molecular weight is 611 g/mol. The molecule has 0 bridgehead atoms. The maximum absolute atomic E-state index is 13.3. The molecule has 0 aromatic heterocycles. The summed E-state index contributed by atoms with van der Waals surface area (Å²) in [6.45, 7) is 1.78. The Morgan fingerprint density at radius 2 is 0.905 bits per heavy atom. The maximum atomic E-state index is 13.3. The first-order valence-electron chi connectivity index (χ1n) is 13.7. The quantitative estimate of drug-likeness (QED) is 0.419. The van der Waals surface area contributed by atoms with Gasteiger partial charge in [0.15, 0.2) is 19.7 Å². The molecule has 0 saturated carbocycles. The maximum Gasteiger partial charge on any atom is 0.258 e. The van der Waals surface area contributed by atoms with Gasteiger partial charge in [-0.25, -0.2) is 16.8 Å². The molecule has 222 valence electrons. The largest absolute Gasteiger partial charge is 0.369 e. The third-order valence-corrected chi connectivity index (χ3v) is 11.1. The minimum Gasteiger partial charge on any atom is -0.369 e. The van der Waals surface area contributed by atoms with Gasteiger partial charge in [0.25, 0.3) is 11.8 Å². The first-order valence-corrected chi connectivity index (χ1v) is 17.3. The summed E-state index contributed by atoms with van der Waals surface area (Å²) in [5, 5.41) is 0. The molecule has 42 heavy (non-hydrogen) atoms. The predicted octanol–water partition coefficient (Wildman–Crippen LogP) is 2.71. The van der Waals surface area contributed by atoms with E-state index in [1.54, 1.807) is 38.4 Å². The summed E-state index contributed by atoms with van der Waals surface area (Å²) >= 11 is 0. The van der Waals surface area contributed by atoms with Crippen molar-refractivity contribution in [1.82, 2.24) is 0 Å². The standard InChI is InChI=1S/C30H34N4O6S2/c1-31(25-6-10-27(11-7-25)33-14-18-41(37,38)19-15-33)29(35)23-4-3-5-24(22-23)30(36)32(2)26-8-12-28(13-9-26)34-16-20-42(39,40)21-17-34/h3-13,22H,14-21H2,1-2H3. The second-order valence-electron chi connectivity index (χ2n) is 10.6. The molecule has 3 aromatic carbocycles. The summed E-state index contributed by atoms with van der Waals surface area (Å²) in [7, 11) is -2.59. The summed E-state index contributed by atoms with van der Waals surface area (Å²) in [4.78, 5) is 33.7. The monoisotopic (exact) mass is 610 g/mol. The zero-order chi connectivity index (χ0) is 30.1. The summed E-state index contributed by atoms with van der Waals surface area (Å²) in [6.07, 6.45) is 0. The van der Waals surface area contributed by atoms with Crippen LogP contribution in [0.5, 0.6) is 0 Å². The van der Waals surface area contributed by atoms with Gasteiger partial charge in [-0.05, 0) is 66.7 Å². The molecule has 12 heteroatoms. The van der Waals surface area contributed by atoms with Gasteiger partial charge in [0.1, 0.15) is 0 Å². The number of nitrogens with zero attached hydrogens (tertiary/aromatic N) is 4. The van der Waals surface area contributed by atoms with Crippen molar-refractivity contribution < 1.29 is 26.4 Å². The van der Waals surface area contributed by atoms with E-state index in [1.165, 1.54) is 9.80 Å². The van der Waals surface area contributed by atoms with Crippen molar-refractivity contribution in [2.24, 2.45) is 0 Å². The van der Waals surface area contributed by atoms with Gasteiger partial charge in [0.2, 0.25) is 0 Å². The van der Waals surface area contributed by atoms with Gasteiger partial charge in [-0.15, -0.1) is 0 Å². The molecule has 2 saturated heterocycles. The normalized spacial score (nSPS) is 17.9. The van der Waals surface area contributed by atoms with E-state index in [0.717, 1.165) is 11.4 Å². The Balaban J connectivity index is 1.24. The van der Waals surface area contributed by atoms with Gasteiger partial charge in [-0.3, -0.25) is 9.59 Å². The Hall–Kier alpha value is -3.90. The molecular formula is C30H34N4O6S2. The van der Waals surface area contributed by atoms with Crippen LogP contribution in [0.1, 0.15) is 20.7 Å². The highest BCUT2D eigenvalue weighted by atomic mass is 32.2. The van der Waals surface area contributed by atoms with Gasteiger partial charge in [-0.2, -0.15) is 0 Å². The van der Waals surface area contributed by atoms with E-state index in [0.29, 0.717) is 48.7 Å². The summed E-state index contributed by atoms with van der Waals surface area (Å²) < 4.78 is 46.9. The smallest absolute Gasteiger partial charge is 0.258 e. The lowest BCUT2D eigenvalue weighted by molar-refractivity contribution is 0.0992. The molecule has 3 aromatic rings. The third-order valence-electron chi connectivity index (χ3n) is 7.86. The number of amides is 2. The van der Waals surface area contributed by atoms with Crippen molar-refractivity contribution in [2.45, 2.75) is 0 Å². The molecule has 0 radical (unpaired) electrons. The number of hydrogen-bond donors (Lipinski definition) is 0. The molecule has 0 aliphatic carbocycles. The Morgan fingerprint density at radius 1 is 0.571 bits per heavy atom. The van der Waals surface area contributed by atoms with E-state index in [-0.39, 0.29) is 34.8 Å². The molecule has 2 fully saturated rings. The molecule has 5 rings (SSSR count). The van der Waals surface area contributed by atoms with Gasteiger partial charge in [-0.1, -0.05) is 6.07 Å². The minimum atomic E-state index is -2.97. The second-order valence-corrected chi connectivity index (χ2v) is 15.2. The Bertz CT molecular complexity index is 1540. The van der Waals surface area contributed by atoms with Crippen molar-refractivity contribution in [3.63, 3.8) is 0 Å². The number of carbonyl (C=O) groups excluding carboxylic acids is 2. The predicted molar refractivity (Wildman–Crippen MR) is 167 cm³/mol. The van der Waals surface area contributed by atoms with Crippen LogP contribution >= 0.6 is 0 Å². The fraction of sp³-hybridized carbons (Fsp3) is 0.333. The topological polar surface area (TPSA) is 115 Å². The van der Waals surface area contributed by atoms with Crippen LogP contribution in [0, 0.1) is 0 Å². The van der Waals surface area contributed by atoms with Gasteiger partial charge >= 0.3 is 0 Å². The Labute approximate surface area is 247 Å². The van der Waals surface area contributed by atoms with E-state index in [9.17, 15) is 26.4 Å². The van der Waals surface area contributed by atoms with E-state index in [2.05, 4.69) is 0 Å². The summed E-state index contributed by atoms with van der Waals surface area (Å²) in [5.74, 6) is 0.00463.